The minimum atomic E-state index is 0.200. The molecular formula is C24H25N3O. The van der Waals surface area contributed by atoms with Gasteiger partial charge in [-0.1, -0.05) is 30.2 Å². The van der Waals surface area contributed by atoms with Crippen molar-refractivity contribution in [2.24, 2.45) is 0 Å². The van der Waals surface area contributed by atoms with Crippen molar-refractivity contribution in [3.8, 4) is 5.69 Å². The summed E-state index contributed by atoms with van der Waals surface area (Å²) < 4.78 is 2.14. The van der Waals surface area contributed by atoms with E-state index < -0.39 is 0 Å². The zero-order valence-corrected chi connectivity index (χ0v) is 16.5. The van der Waals surface area contributed by atoms with Gasteiger partial charge in [-0.15, -0.1) is 0 Å². The SMILES string of the molecule is [C-]#[N+]c1ccc(-n2c(C)c(C(=O)CN3CCCCC3)c3cc(C)ccc32)cc1. The maximum absolute atomic E-state index is 13.3. The van der Waals surface area contributed by atoms with Crippen LogP contribution in [-0.4, -0.2) is 34.9 Å². The number of aryl methyl sites for hydroxylation is 1. The lowest BCUT2D eigenvalue weighted by Gasteiger charge is -2.25. The molecule has 4 rings (SSSR count). The number of likely N-dealkylation sites (tertiary alicyclic amines) is 1. The fraction of sp³-hybridized carbons (Fsp3) is 0.333. The summed E-state index contributed by atoms with van der Waals surface area (Å²) in [5.74, 6) is 0.200. The third kappa shape index (κ3) is 3.34. The Balaban J connectivity index is 1.81. The van der Waals surface area contributed by atoms with Crippen LogP contribution in [0.25, 0.3) is 21.4 Å². The zero-order chi connectivity index (χ0) is 19.7. The van der Waals surface area contributed by atoms with Crippen LogP contribution in [-0.2, 0) is 0 Å². The summed E-state index contributed by atoms with van der Waals surface area (Å²) >= 11 is 0. The third-order valence-electron chi connectivity index (χ3n) is 5.69. The van der Waals surface area contributed by atoms with Crippen LogP contribution in [0, 0.1) is 20.4 Å². The van der Waals surface area contributed by atoms with Crippen LogP contribution >= 0.6 is 0 Å². The van der Waals surface area contributed by atoms with E-state index in [1.165, 1.54) is 19.3 Å². The Kier molecular flexibility index (Phi) is 5.02. The van der Waals surface area contributed by atoms with Crippen LogP contribution in [0.5, 0.6) is 0 Å². The lowest BCUT2D eigenvalue weighted by molar-refractivity contribution is 0.0916. The summed E-state index contributed by atoms with van der Waals surface area (Å²) in [5, 5.41) is 1.02. The van der Waals surface area contributed by atoms with E-state index in [0.717, 1.165) is 46.5 Å². The van der Waals surface area contributed by atoms with Gasteiger partial charge in [0.05, 0.1) is 18.6 Å². The maximum atomic E-state index is 13.3. The smallest absolute Gasteiger partial charge is 0.187 e. The second-order valence-corrected chi connectivity index (χ2v) is 7.70. The molecule has 0 amide bonds. The minimum Gasteiger partial charge on any atom is -0.313 e. The van der Waals surface area contributed by atoms with E-state index in [0.29, 0.717) is 12.2 Å². The standard InChI is InChI=1S/C24H25N3O/c1-17-7-12-22-21(15-17)24(23(28)16-26-13-5-4-6-14-26)18(2)27(22)20-10-8-19(25-3)9-11-20/h7-12,15H,4-6,13-14,16H2,1-2H3. The van der Waals surface area contributed by atoms with Crippen molar-refractivity contribution in [1.29, 1.82) is 0 Å². The number of hydrogen-bond donors (Lipinski definition) is 0. The minimum absolute atomic E-state index is 0.200. The topological polar surface area (TPSA) is 29.6 Å². The highest BCUT2D eigenvalue weighted by molar-refractivity contribution is 6.11. The number of benzene rings is 2. The molecule has 0 bridgehead atoms. The molecule has 0 atom stereocenters. The number of hydrogen-bond acceptors (Lipinski definition) is 2. The number of piperidine rings is 1. The molecule has 4 nitrogen and oxygen atoms in total. The molecule has 0 N–H and O–H groups in total. The predicted molar refractivity (Wildman–Crippen MR) is 114 cm³/mol. The average Bonchev–Trinajstić information content (AvgIpc) is 3.00. The van der Waals surface area contributed by atoms with Gasteiger partial charge < -0.3 is 4.57 Å². The van der Waals surface area contributed by atoms with Crippen molar-refractivity contribution in [2.75, 3.05) is 19.6 Å². The van der Waals surface area contributed by atoms with Gasteiger partial charge in [0.25, 0.3) is 0 Å². The van der Waals surface area contributed by atoms with Gasteiger partial charge in [0, 0.05) is 22.3 Å². The summed E-state index contributed by atoms with van der Waals surface area (Å²) in [5.41, 5.74) is 5.60. The van der Waals surface area contributed by atoms with Crippen molar-refractivity contribution in [3.63, 3.8) is 0 Å². The summed E-state index contributed by atoms with van der Waals surface area (Å²) in [7, 11) is 0. The normalized spacial score (nSPS) is 14.9. The van der Waals surface area contributed by atoms with E-state index in [1.807, 2.05) is 31.2 Å². The van der Waals surface area contributed by atoms with E-state index in [9.17, 15) is 4.79 Å². The molecule has 2 heterocycles. The van der Waals surface area contributed by atoms with E-state index in [4.69, 9.17) is 6.57 Å². The second-order valence-electron chi connectivity index (χ2n) is 7.70. The first-order chi connectivity index (χ1) is 13.6. The first-order valence-electron chi connectivity index (χ1n) is 9.93. The largest absolute Gasteiger partial charge is 0.313 e. The number of fused-ring (bicyclic) bond motifs is 1. The number of nitrogens with zero attached hydrogens (tertiary/aromatic N) is 3. The summed E-state index contributed by atoms with van der Waals surface area (Å²) in [6.45, 7) is 13.8. The van der Waals surface area contributed by atoms with Gasteiger partial charge in [0.1, 0.15) is 0 Å². The van der Waals surface area contributed by atoms with Crippen LogP contribution in [0.2, 0.25) is 0 Å². The first kappa shape index (κ1) is 18.5. The summed E-state index contributed by atoms with van der Waals surface area (Å²) in [6, 6.07) is 13.9. The molecule has 1 fully saturated rings. The number of aromatic nitrogens is 1. The van der Waals surface area contributed by atoms with E-state index in [2.05, 4.69) is 39.4 Å². The molecule has 2 aromatic carbocycles. The number of ketones is 1. The summed E-state index contributed by atoms with van der Waals surface area (Å²) in [4.78, 5) is 19.1. The molecule has 1 aromatic heterocycles. The quantitative estimate of drug-likeness (QED) is 0.450. The highest BCUT2D eigenvalue weighted by atomic mass is 16.1. The molecule has 142 valence electrons. The molecule has 0 spiro atoms. The first-order valence-corrected chi connectivity index (χ1v) is 9.93. The van der Waals surface area contributed by atoms with Gasteiger partial charge in [0.15, 0.2) is 11.5 Å². The van der Waals surface area contributed by atoms with Gasteiger partial charge in [-0.05, 0) is 64.0 Å². The Bertz CT molecular complexity index is 1060. The molecule has 1 saturated heterocycles. The lowest BCUT2D eigenvalue weighted by Crippen LogP contribution is -2.34. The van der Waals surface area contributed by atoms with Gasteiger partial charge in [-0.2, -0.15) is 0 Å². The number of carbonyl (C=O) groups excluding carboxylic acids is 1. The fourth-order valence-electron chi connectivity index (χ4n) is 4.29. The molecular weight excluding hydrogens is 346 g/mol. The van der Waals surface area contributed by atoms with Crippen LogP contribution in [0.1, 0.15) is 40.9 Å². The Labute approximate surface area is 166 Å². The van der Waals surface area contributed by atoms with Crippen LogP contribution in [0.15, 0.2) is 42.5 Å². The van der Waals surface area contributed by atoms with Crippen LogP contribution in [0.4, 0.5) is 5.69 Å². The Morgan fingerprint density at radius 1 is 1.04 bits per heavy atom. The van der Waals surface area contributed by atoms with Crippen molar-refractivity contribution in [2.45, 2.75) is 33.1 Å². The highest BCUT2D eigenvalue weighted by Gasteiger charge is 2.23. The third-order valence-corrected chi connectivity index (χ3v) is 5.69. The molecule has 0 saturated carbocycles. The highest BCUT2D eigenvalue weighted by Crippen LogP contribution is 2.31. The van der Waals surface area contributed by atoms with Gasteiger partial charge in [0.2, 0.25) is 0 Å². The molecule has 1 aliphatic rings. The lowest BCUT2D eigenvalue weighted by atomic mass is 10.0. The second kappa shape index (κ2) is 7.61. The van der Waals surface area contributed by atoms with Crippen molar-refractivity contribution >= 4 is 22.4 Å². The predicted octanol–water partition coefficient (Wildman–Crippen LogP) is 5.47. The van der Waals surface area contributed by atoms with E-state index in [-0.39, 0.29) is 5.78 Å². The molecule has 3 aromatic rings. The van der Waals surface area contributed by atoms with Crippen LogP contribution in [0.3, 0.4) is 0 Å². The van der Waals surface area contributed by atoms with Crippen molar-refractivity contribution in [3.05, 3.63) is 70.7 Å². The number of rotatable bonds is 4. The Morgan fingerprint density at radius 2 is 1.75 bits per heavy atom. The number of carbonyl (C=O) groups is 1. The van der Waals surface area contributed by atoms with Gasteiger partial charge in [-0.3, -0.25) is 9.69 Å². The fourth-order valence-corrected chi connectivity index (χ4v) is 4.29. The molecule has 28 heavy (non-hydrogen) atoms. The number of Topliss-reactive ketones (excluding diaryl/α,β-unsaturated/α-hetero) is 1. The van der Waals surface area contributed by atoms with Crippen molar-refractivity contribution in [1.82, 2.24) is 9.47 Å². The van der Waals surface area contributed by atoms with E-state index in [1.54, 1.807) is 0 Å². The van der Waals surface area contributed by atoms with Gasteiger partial charge in [-0.25, -0.2) is 4.85 Å². The van der Waals surface area contributed by atoms with Crippen molar-refractivity contribution < 1.29 is 4.79 Å². The molecule has 0 unspecified atom stereocenters. The average molecular weight is 371 g/mol. The monoisotopic (exact) mass is 371 g/mol. The van der Waals surface area contributed by atoms with Crippen LogP contribution < -0.4 is 0 Å². The molecule has 1 aliphatic heterocycles. The Hall–Kier alpha value is -2.90. The van der Waals surface area contributed by atoms with Gasteiger partial charge >= 0.3 is 0 Å². The Morgan fingerprint density at radius 3 is 2.43 bits per heavy atom. The zero-order valence-electron chi connectivity index (χ0n) is 16.5. The van der Waals surface area contributed by atoms with E-state index >= 15 is 0 Å². The maximum Gasteiger partial charge on any atom is 0.187 e. The summed E-state index contributed by atoms with van der Waals surface area (Å²) in [6.07, 6.45) is 3.63. The molecule has 4 heteroatoms. The molecule has 0 radical (unpaired) electrons. The molecule has 0 aliphatic carbocycles.